The molecule has 22 heavy (non-hydrogen) atoms. The molecular weight excluding hydrogens is 288 g/mol. The highest BCUT2D eigenvalue weighted by molar-refractivity contribution is 5.89. The zero-order chi connectivity index (χ0) is 16.1. The fourth-order valence-electron chi connectivity index (χ4n) is 1.83. The number of benzene rings is 1. The van der Waals surface area contributed by atoms with Gasteiger partial charge in [0.1, 0.15) is 11.5 Å². The predicted octanol–water partition coefficient (Wildman–Crippen LogP) is 2.99. The number of carbonyl (C=O) groups excluding carboxylic acids is 2. The lowest BCUT2D eigenvalue weighted by molar-refractivity contribution is 0.0557. The summed E-state index contributed by atoms with van der Waals surface area (Å²) in [6.45, 7) is 1.79. The molecule has 0 radical (unpaired) electrons. The number of ether oxygens (including phenoxy) is 3. The van der Waals surface area contributed by atoms with Crippen LogP contribution < -0.4 is 4.74 Å². The Bertz CT molecular complexity index is 656. The molecule has 1 atom stereocenters. The minimum Gasteiger partial charge on any atom is -0.483 e. The van der Waals surface area contributed by atoms with E-state index in [-0.39, 0.29) is 5.76 Å². The van der Waals surface area contributed by atoms with Crippen molar-refractivity contribution in [3.63, 3.8) is 0 Å². The molecule has 2 aromatic rings. The van der Waals surface area contributed by atoms with Crippen LogP contribution in [-0.2, 0) is 9.47 Å². The van der Waals surface area contributed by atoms with E-state index in [0.29, 0.717) is 17.1 Å². The monoisotopic (exact) mass is 304 g/mol. The Hall–Kier alpha value is -2.76. The van der Waals surface area contributed by atoms with Crippen LogP contribution >= 0.6 is 0 Å². The van der Waals surface area contributed by atoms with Crippen molar-refractivity contribution >= 4 is 11.9 Å². The lowest BCUT2D eigenvalue weighted by atomic mass is 10.2. The second kappa shape index (κ2) is 6.80. The molecule has 0 aliphatic heterocycles. The quantitative estimate of drug-likeness (QED) is 0.790. The van der Waals surface area contributed by atoms with Crippen molar-refractivity contribution in [3.8, 4) is 5.75 Å². The number of furan rings is 1. The number of hydrogen-bond donors (Lipinski definition) is 0. The summed E-state index contributed by atoms with van der Waals surface area (Å²) >= 11 is 0. The summed E-state index contributed by atoms with van der Waals surface area (Å²) < 4.78 is 20.3. The van der Waals surface area contributed by atoms with Crippen molar-refractivity contribution in [2.75, 3.05) is 14.2 Å². The van der Waals surface area contributed by atoms with E-state index in [1.165, 1.54) is 20.3 Å². The highest BCUT2D eigenvalue weighted by Crippen LogP contribution is 2.24. The summed E-state index contributed by atoms with van der Waals surface area (Å²) in [6, 6.07) is 9.72. The smallest absolute Gasteiger partial charge is 0.373 e. The van der Waals surface area contributed by atoms with Gasteiger partial charge in [-0.05, 0) is 43.3 Å². The molecule has 6 nitrogen and oxygen atoms in total. The molecule has 0 fully saturated rings. The van der Waals surface area contributed by atoms with Crippen LogP contribution in [0.15, 0.2) is 40.8 Å². The molecule has 2 rings (SSSR count). The molecule has 0 aliphatic rings. The van der Waals surface area contributed by atoms with Gasteiger partial charge in [0.05, 0.1) is 19.8 Å². The van der Waals surface area contributed by atoms with Crippen molar-refractivity contribution in [2.24, 2.45) is 0 Å². The minimum atomic E-state index is -0.541. The second-order valence-electron chi connectivity index (χ2n) is 4.47. The van der Waals surface area contributed by atoms with Gasteiger partial charge in [0.2, 0.25) is 5.76 Å². The largest absolute Gasteiger partial charge is 0.483 e. The molecule has 1 aromatic carbocycles. The molecule has 0 unspecified atom stereocenters. The summed E-state index contributed by atoms with van der Waals surface area (Å²) in [6.07, 6.45) is -0.401. The van der Waals surface area contributed by atoms with Crippen molar-refractivity contribution in [2.45, 2.75) is 13.0 Å². The summed E-state index contributed by atoms with van der Waals surface area (Å²) in [5.74, 6) is 0.233. The molecular formula is C16H16O6. The first kappa shape index (κ1) is 15.6. The van der Waals surface area contributed by atoms with Gasteiger partial charge in [0, 0.05) is 0 Å². The predicted molar refractivity (Wildman–Crippen MR) is 76.9 cm³/mol. The van der Waals surface area contributed by atoms with Gasteiger partial charge in [-0.1, -0.05) is 0 Å². The van der Waals surface area contributed by atoms with Crippen LogP contribution in [0.2, 0.25) is 0 Å². The van der Waals surface area contributed by atoms with Gasteiger partial charge < -0.3 is 18.6 Å². The molecule has 0 spiro atoms. The van der Waals surface area contributed by atoms with Crippen LogP contribution in [0.5, 0.6) is 5.75 Å². The molecule has 1 aromatic heterocycles. The van der Waals surface area contributed by atoms with E-state index in [1.54, 1.807) is 37.3 Å². The Morgan fingerprint density at radius 1 is 0.955 bits per heavy atom. The van der Waals surface area contributed by atoms with Crippen molar-refractivity contribution < 1.29 is 28.2 Å². The Labute approximate surface area is 127 Å². The first-order valence-corrected chi connectivity index (χ1v) is 6.58. The standard InChI is InChI=1S/C16H16O6/c1-10(13-8-9-14(22-13)16(18)20-3)21-12-6-4-11(5-7-12)15(17)19-2/h4-10H,1-3H3/t10-/m1/s1. The average molecular weight is 304 g/mol. The van der Waals surface area contributed by atoms with Gasteiger partial charge in [0.25, 0.3) is 0 Å². The molecule has 0 bridgehead atoms. The summed E-state index contributed by atoms with van der Waals surface area (Å²) in [4.78, 5) is 22.7. The first-order valence-electron chi connectivity index (χ1n) is 6.58. The van der Waals surface area contributed by atoms with Crippen LogP contribution in [0.1, 0.15) is 39.7 Å². The number of hydrogen-bond acceptors (Lipinski definition) is 6. The Morgan fingerprint density at radius 3 is 2.18 bits per heavy atom. The maximum Gasteiger partial charge on any atom is 0.373 e. The highest BCUT2D eigenvalue weighted by Gasteiger charge is 2.16. The topological polar surface area (TPSA) is 75.0 Å². The van der Waals surface area contributed by atoms with Gasteiger partial charge in [-0.15, -0.1) is 0 Å². The van der Waals surface area contributed by atoms with Crippen LogP contribution in [-0.4, -0.2) is 26.2 Å². The molecule has 0 saturated heterocycles. The van der Waals surface area contributed by atoms with Gasteiger partial charge in [-0.2, -0.15) is 0 Å². The van der Waals surface area contributed by atoms with Crippen LogP contribution in [0.3, 0.4) is 0 Å². The van der Waals surface area contributed by atoms with Crippen molar-refractivity contribution in [1.29, 1.82) is 0 Å². The third kappa shape index (κ3) is 3.46. The molecule has 0 saturated carbocycles. The lowest BCUT2D eigenvalue weighted by Gasteiger charge is -2.12. The maximum atomic E-state index is 11.3. The molecule has 0 N–H and O–H groups in total. The molecule has 1 heterocycles. The van der Waals surface area contributed by atoms with Gasteiger partial charge >= 0.3 is 11.9 Å². The first-order chi connectivity index (χ1) is 10.5. The van der Waals surface area contributed by atoms with E-state index in [4.69, 9.17) is 9.15 Å². The van der Waals surface area contributed by atoms with Gasteiger partial charge in [-0.25, -0.2) is 9.59 Å². The zero-order valence-corrected chi connectivity index (χ0v) is 12.5. The van der Waals surface area contributed by atoms with Crippen LogP contribution in [0, 0.1) is 0 Å². The molecule has 116 valence electrons. The van der Waals surface area contributed by atoms with Crippen molar-refractivity contribution in [1.82, 2.24) is 0 Å². The fourth-order valence-corrected chi connectivity index (χ4v) is 1.83. The lowest BCUT2D eigenvalue weighted by Crippen LogP contribution is -2.04. The van der Waals surface area contributed by atoms with E-state index in [1.807, 2.05) is 0 Å². The van der Waals surface area contributed by atoms with E-state index >= 15 is 0 Å². The van der Waals surface area contributed by atoms with Gasteiger partial charge in [-0.3, -0.25) is 0 Å². The van der Waals surface area contributed by atoms with E-state index < -0.39 is 18.0 Å². The number of carbonyl (C=O) groups is 2. The number of rotatable bonds is 5. The summed E-state index contributed by atoms with van der Waals surface area (Å²) in [5.41, 5.74) is 0.438. The molecule has 0 amide bonds. The minimum absolute atomic E-state index is 0.119. The maximum absolute atomic E-state index is 11.3. The Morgan fingerprint density at radius 2 is 1.59 bits per heavy atom. The van der Waals surface area contributed by atoms with Crippen molar-refractivity contribution in [3.05, 3.63) is 53.5 Å². The van der Waals surface area contributed by atoms with Gasteiger partial charge in [0.15, 0.2) is 6.10 Å². The molecule has 6 heteroatoms. The Balaban J connectivity index is 2.05. The molecule has 0 aliphatic carbocycles. The third-order valence-electron chi connectivity index (χ3n) is 3.00. The fraction of sp³-hybridized carbons (Fsp3) is 0.250. The van der Waals surface area contributed by atoms with E-state index in [0.717, 1.165) is 0 Å². The van der Waals surface area contributed by atoms with E-state index in [9.17, 15) is 9.59 Å². The SMILES string of the molecule is COC(=O)c1ccc(O[C@H](C)c2ccc(C(=O)OC)o2)cc1. The summed E-state index contributed by atoms with van der Waals surface area (Å²) in [5, 5.41) is 0. The average Bonchev–Trinajstić information content (AvgIpc) is 3.04. The normalized spacial score (nSPS) is 11.6. The van der Waals surface area contributed by atoms with Crippen LogP contribution in [0.4, 0.5) is 0 Å². The third-order valence-corrected chi connectivity index (χ3v) is 3.00. The van der Waals surface area contributed by atoms with E-state index in [2.05, 4.69) is 9.47 Å². The Kier molecular flexibility index (Phi) is 4.83. The second-order valence-corrected chi connectivity index (χ2v) is 4.47. The van der Waals surface area contributed by atoms with Crippen LogP contribution in [0.25, 0.3) is 0 Å². The number of methoxy groups -OCH3 is 2. The zero-order valence-electron chi connectivity index (χ0n) is 12.5. The highest BCUT2D eigenvalue weighted by atomic mass is 16.5. The number of esters is 2. The summed E-state index contributed by atoms with van der Waals surface area (Å²) in [7, 11) is 2.61.